The number of ketones is 2. The van der Waals surface area contributed by atoms with Gasteiger partial charge < -0.3 is 10.5 Å². The van der Waals surface area contributed by atoms with Gasteiger partial charge in [-0.15, -0.1) is 10.2 Å². The van der Waals surface area contributed by atoms with Gasteiger partial charge in [-0.25, -0.2) is 0 Å². The Morgan fingerprint density at radius 3 is 2.25 bits per heavy atom. The average molecular weight is 524 g/mol. The molecule has 9 nitrogen and oxygen atoms in total. The van der Waals surface area contributed by atoms with Gasteiger partial charge in [-0.3, -0.25) is 14.4 Å². The number of carbonyl (C=O) groups is 2. The Morgan fingerprint density at radius 2 is 1.64 bits per heavy atom. The van der Waals surface area contributed by atoms with Crippen molar-refractivity contribution in [2.24, 2.45) is 10.2 Å². The quantitative estimate of drug-likeness (QED) is 0.250. The monoisotopic (exact) mass is 523 g/mol. The van der Waals surface area contributed by atoms with Gasteiger partial charge in [0.05, 0.1) is 21.2 Å². The minimum atomic E-state index is -0.734. The van der Waals surface area contributed by atoms with Crippen LogP contribution in [0, 0.1) is 18.3 Å². The van der Waals surface area contributed by atoms with Crippen LogP contribution in [0.15, 0.2) is 45.4 Å². The number of carbonyl (C=O) groups excluding carboxylic acids is 2. The van der Waals surface area contributed by atoms with E-state index in [9.17, 15) is 24.8 Å². The lowest BCUT2D eigenvalue weighted by Crippen LogP contribution is -2.31. The molecule has 0 atom stereocenters. The van der Waals surface area contributed by atoms with E-state index >= 15 is 0 Å². The van der Waals surface area contributed by atoms with Crippen molar-refractivity contribution in [3.63, 3.8) is 0 Å². The summed E-state index contributed by atoms with van der Waals surface area (Å²) >= 11 is 12.7. The van der Waals surface area contributed by atoms with Gasteiger partial charge >= 0.3 is 0 Å². The fraction of sp³-hybridized carbons (Fsp3) is 0.200. The molecular weight excluding hydrogens is 505 g/mol. The van der Waals surface area contributed by atoms with Crippen LogP contribution in [0.4, 0.5) is 11.4 Å². The van der Waals surface area contributed by atoms with Crippen LogP contribution in [-0.2, 0) is 0 Å². The Balaban J connectivity index is 1.91. The minimum Gasteiger partial charge on any atom is -0.492 e. The first-order valence-electron chi connectivity index (χ1n) is 11.0. The van der Waals surface area contributed by atoms with Crippen molar-refractivity contribution in [3.8, 4) is 11.9 Å². The number of nitriles is 1. The highest BCUT2D eigenvalue weighted by molar-refractivity contribution is 6.43. The number of hydrogen-bond acceptors (Lipinski definition) is 8. The second kappa shape index (κ2) is 9.93. The third-order valence-corrected chi connectivity index (χ3v) is 6.39. The molecule has 2 aromatic carbocycles. The van der Waals surface area contributed by atoms with E-state index in [2.05, 4.69) is 15.7 Å². The molecule has 1 aliphatic carbocycles. The summed E-state index contributed by atoms with van der Waals surface area (Å²) in [5, 5.41) is 28.4. The van der Waals surface area contributed by atoms with Crippen molar-refractivity contribution in [3.05, 3.63) is 84.1 Å². The molecule has 0 saturated heterocycles. The van der Waals surface area contributed by atoms with Crippen molar-refractivity contribution in [2.75, 3.05) is 12.0 Å². The summed E-state index contributed by atoms with van der Waals surface area (Å²) in [6.07, 6.45) is 1.55. The number of rotatable bonds is 6. The number of halogens is 2. The molecular formula is C25H19Cl2N5O4. The molecule has 0 bridgehead atoms. The number of azo groups is 1. The molecule has 1 aromatic heterocycles. The van der Waals surface area contributed by atoms with Crippen LogP contribution < -0.4 is 11.0 Å². The predicted molar refractivity (Wildman–Crippen MR) is 135 cm³/mol. The minimum absolute atomic E-state index is 0.0127. The number of aromatic hydroxyl groups is 1. The lowest BCUT2D eigenvalue weighted by Gasteiger charge is -2.20. The third-order valence-electron chi connectivity index (χ3n) is 5.81. The van der Waals surface area contributed by atoms with Crippen LogP contribution in [-0.4, -0.2) is 27.9 Å². The van der Waals surface area contributed by atoms with Gasteiger partial charge in [-0.05, 0) is 19.4 Å². The SMILES string of the molecule is CCCCNn1c(O)c(/N=N/c2c(Cl)cc(Cl)c3c2C(=O)c2ccccc2C3=O)c(C)c(C#N)c1=O. The Labute approximate surface area is 215 Å². The first-order valence-corrected chi connectivity index (χ1v) is 11.7. The Hall–Kier alpha value is -4.00. The summed E-state index contributed by atoms with van der Waals surface area (Å²) < 4.78 is 0.833. The fourth-order valence-corrected chi connectivity index (χ4v) is 4.51. The second-order valence-electron chi connectivity index (χ2n) is 8.03. The van der Waals surface area contributed by atoms with Crippen LogP contribution >= 0.6 is 23.2 Å². The van der Waals surface area contributed by atoms with Crippen LogP contribution in [0.2, 0.25) is 10.0 Å². The molecule has 1 heterocycles. The highest BCUT2D eigenvalue weighted by Gasteiger charge is 2.35. The number of hydrogen-bond donors (Lipinski definition) is 2. The standard InChI is InChI=1S/C25H19Cl2N5O4/c1-3-4-9-29-32-24(35)15(11-28)12(2)20(25(32)36)30-31-21-17(27)10-16(26)18-19(21)23(34)14-8-6-5-7-13(14)22(18)33/h5-8,10,29,36H,3-4,9H2,1-2H3/b31-30+. The third kappa shape index (κ3) is 4.04. The molecule has 4 rings (SSSR count). The molecule has 0 saturated carbocycles. The second-order valence-corrected chi connectivity index (χ2v) is 8.84. The number of aromatic nitrogens is 1. The molecule has 36 heavy (non-hydrogen) atoms. The average Bonchev–Trinajstić information content (AvgIpc) is 2.85. The normalized spacial score (nSPS) is 12.4. The molecule has 1 aliphatic rings. The predicted octanol–water partition coefficient (Wildman–Crippen LogP) is 5.58. The van der Waals surface area contributed by atoms with Crippen molar-refractivity contribution >= 4 is 46.1 Å². The van der Waals surface area contributed by atoms with Gasteiger partial charge in [-0.2, -0.15) is 9.94 Å². The van der Waals surface area contributed by atoms with Crippen molar-refractivity contribution < 1.29 is 14.7 Å². The maximum atomic E-state index is 13.4. The zero-order valence-corrected chi connectivity index (χ0v) is 20.7. The summed E-state index contributed by atoms with van der Waals surface area (Å²) in [5.74, 6) is -1.54. The number of pyridine rings is 1. The van der Waals surface area contributed by atoms with E-state index in [1.54, 1.807) is 12.1 Å². The summed E-state index contributed by atoms with van der Waals surface area (Å²) in [6, 6.07) is 9.43. The molecule has 2 N–H and O–H groups in total. The zero-order valence-electron chi connectivity index (χ0n) is 19.2. The summed E-state index contributed by atoms with van der Waals surface area (Å²) in [5.41, 5.74) is 1.79. The largest absolute Gasteiger partial charge is 0.492 e. The molecule has 0 spiro atoms. The van der Waals surface area contributed by atoms with E-state index in [0.29, 0.717) is 13.0 Å². The van der Waals surface area contributed by atoms with Crippen LogP contribution in [0.3, 0.4) is 0 Å². The van der Waals surface area contributed by atoms with E-state index in [4.69, 9.17) is 23.2 Å². The van der Waals surface area contributed by atoms with Crippen LogP contribution in [0.25, 0.3) is 0 Å². The molecule has 0 unspecified atom stereocenters. The maximum Gasteiger partial charge on any atom is 0.290 e. The van der Waals surface area contributed by atoms with E-state index in [1.807, 2.05) is 13.0 Å². The number of nitrogens with zero attached hydrogens (tertiary/aromatic N) is 4. The van der Waals surface area contributed by atoms with Gasteiger partial charge in [0.25, 0.3) is 5.56 Å². The summed E-state index contributed by atoms with van der Waals surface area (Å²) in [4.78, 5) is 39.2. The zero-order chi connectivity index (χ0) is 26.1. The molecule has 3 aromatic rings. The topological polar surface area (TPSA) is 137 Å². The lowest BCUT2D eigenvalue weighted by atomic mass is 9.83. The molecule has 0 aliphatic heterocycles. The molecule has 182 valence electrons. The Morgan fingerprint density at radius 1 is 1.03 bits per heavy atom. The molecule has 0 amide bonds. The van der Waals surface area contributed by atoms with E-state index < -0.39 is 23.0 Å². The highest BCUT2D eigenvalue weighted by atomic mass is 35.5. The van der Waals surface area contributed by atoms with E-state index in [0.717, 1.165) is 11.1 Å². The summed E-state index contributed by atoms with van der Waals surface area (Å²) in [6.45, 7) is 3.76. The molecule has 0 radical (unpaired) electrons. The first kappa shape index (κ1) is 25.1. The lowest BCUT2D eigenvalue weighted by molar-refractivity contribution is 0.0979. The van der Waals surface area contributed by atoms with Gasteiger partial charge in [-0.1, -0.05) is 60.8 Å². The Bertz CT molecular complexity index is 1570. The van der Waals surface area contributed by atoms with Crippen LogP contribution in [0.5, 0.6) is 5.88 Å². The molecule has 11 heteroatoms. The number of fused-ring (bicyclic) bond motifs is 2. The van der Waals surface area contributed by atoms with Crippen molar-refractivity contribution in [1.29, 1.82) is 5.26 Å². The van der Waals surface area contributed by atoms with Crippen molar-refractivity contribution in [1.82, 2.24) is 4.68 Å². The number of benzene rings is 2. The smallest absolute Gasteiger partial charge is 0.290 e. The van der Waals surface area contributed by atoms with Gasteiger partial charge in [0, 0.05) is 23.2 Å². The Kier molecular flexibility index (Phi) is 6.93. The van der Waals surface area contributed by atoms with Crippen LogP contribution in [0.1, 0.15) is 62.7 Å². The van der Waals surface area contributed by atoms with Crippen molar-refractivity contribution in [2.45, 2.75) is 26.7 Å². The van der Waals surface area contributed by atoms with E-state index in [-0.39, 0.29) is 54.8 Å². The molecule has 0 fully saturated rings. The van der Waals surface area contributed by atoms with Gasteiger partial charge in [0.15, 0.2) is 17.3 Å². The number of unbranched alkanes of at least 4 members (excludes halogenated alkanes) is 1. The van der Waals surface area contributed by atoms with E-state index in [1.165, 1.54) is 25.1 Å². The fourth-order valence-electron chi connectivity index (χ4n) is 3.92. The summed E-state index contributed by atoms with van der Waals surface area (Å²) in [7, 11) is 0. The van der Waals surface area contributed by atoms with Gasteiger partial charge in [0.1, 0.15) is 17.3 Å². The maximum absolute atomic E-state index is 13.4. The first-order chi connectivity index (χ1) is 17.2. The number of nitrogens with one attached hydrogen (secondary N) is 1. The highest BCUT2D eigenvalue weighted by Crippen LogP contribution is 2.43. The van der Waals surface area contributed by atoms with Gasteiger partial charge in [0.2, 0.25) is 5.88 Å².